The summed E-state index contributed by atoms with van der Waals surface area (Å²) in [6, 6.07) is 6.61. The van der Waals surface area contributed by atoms with E-state index < -0.39 is 0 Å². The van der Waals surface area contributed by atoms with Crippen LogP contribution in [0.5, 0.6) is 0 Å². The van der Waals surface area contributed by atoms with Crippen molar-refractivity contribution in [2.24, 2.45) is 0 Å². The number of carbonyl (C=O) groups excluding carboxylic acids is 1. The molecule has 1 aliphatic heterocycles. The molecule has 0 bridgehead atoms. The number of rotatable bonds is 5. The Hall–Kier alpha value is -1.18. The van der Waals surface area contributed by atoms with E-state index in [4.69, 9.17) is 0 Å². The first kappa shape index (κ1) is 23.9. The summed E-state index contributed by atoms with van der Waals surface area (Å²) in [5.74, 6) is -0.00913. The van der Waals surface area contributed by atoms with Gasteiger partial charge in [-0.05, 0) is 38.0 Å². The smallest absolute Gasteiger partial charge is 0.231 e. The lowest BCUT2D eigenvalue weighted by Crippen LogP contribution is -2.49. The van der Waals surface area contributed by atoms with Crippen molar-refractivity contribution in [3.63, 3.8) is 0 Å². The average molecular weight is 431 g/mol. The molecule has 2 heterocycles. The quantitative estimate of drug-likeness (QED) is 0.760. The number of aryl methyl sites for hydroxylation is 2. The first-order valence-electron chi connectivity index (χ1n) is 8.76. The Morgan fingerprint density at radius 1 is 1.37 bits per heavy atom. The van der Waals surface area contributed by atoms with Crippen molar-refractivity contribution in [1.29, 1.82) is 0 Å². The van der Waals surface area contributed by atoms with Crippen molar-refractivity contribution >= 4 is 47.7 Å². The zero-order chi connectivity index (χ0) is 17.8. The van der Waals surface area contributed by atoms with E-state index >= 15 is 0 Å². The van der Waals surface area contributed by atoms with Crippen LogP contribution >= 0.6 is 36.2 Å². The number of piperazine rings is 1. The van der Waals surface area contributed by atoms with E-state index in [2.05, 4.69) is 38.9 Å². The summed E-state index contributed by atoms with van der Waals surface area (Å²) in [5, 5.41) is 9.36. The Bertz CT molecular complexity index is 753. The molecule has 8 heteroatoms. The zero-order valence-electron chi connectivity index (χ0n) is 15.9. The first-order chi connectivity index (χ1) is 12.0. The van der Waals surface area contributed by atoms with Gasteiger partial charge in [-0.15, -0.1) is 36.2 Å². The van der Waals surface area contributed by atoms with E-state index in [1.807, 2.05) is 26.0 Å². The third kappa shape index (κ3) is 6.73. The van der Waals surface area contributed by atoms with E-state index in [0.29, 0.717) is 12.5 Å². The van der Waals surface area contributed by atoms with Crippen LogP contribution in [0.3, 0.4) is 0 Å². The number of anilines is 1. The van der Waals surface area contributed by atoms with E-state index in [0.717, 1.165) is 53.7 Å². The molecule has 5 nitrogen and oxygen atoms in total. The molecule has 1 aromatic heterocycles. The van der Waals surface area contributed by atoms with Gasteiger partial charge in [-0.1, -0.05) is 12.1 Å². The molecule has 1 fully saturated rings. The molecule has 1 amide bonds. The third-order valence-corrected chi connectivity index (χ3v) is 5.48. The van der Waals surface area contributed by atoms with Gasteiger partial charge >= 0.3 is 0 Å². The lowest BCUT2D eigenvalue weighted by Gasteiger charge is -2.33. The highest BCUT2D eigenvalue weighted by molar-refractivity contribution is 7.09. The Labute approximate surface area is 177 Å². The van der Waals surface area contributed by atoms with Crippen LogP contribution in [0.4, 0.5) is 5.69 Å². The highest BCUT2D eigenvalue weighted by Crippen LogP contribution is 2.18. The molecule has 0 radical (unpaired) electrons. The van der Waals surface area contributed by atoms with Gasteiger partial charge in [0.25, 0.3) is 0 Å². The molecule has 0 saturated carbocycles. The van der Waals surface area contributed by atoms with Crippen molar-refractivity contribution in [3.05, 3.63) is 45.4 Å². The fourth-order valence-corrected chi connectivity index (χ4v) is 3.81. The summed E-state index contributed by atoms with van der Waals surface area (Å²) < 4.78 is 0. The van der Waals surface area contributed by atoms with Gasteiger partial charge in [-0.25, -0.2) is 4.98 Å². The van der Waals surface area contributed by atoms with Crippen LogP contribution in [-0.2, 0) is 17.8 Å². The molecule has 3 rings (SSSR count). The molecule has 1 saturated heterocycles. The normalized spacial score (nSPS) is 16.9. The molecule has 1 aliphatic rings. The molecule has 0 spiro atoms. The maximum absolute atomic E-state index is 12.3. The predicted molar refractivity (Wildman–Crippen MR) is 118 cm³/mol. The van der Waals surface area contributed by atoms with Gasteiger partial charge in [-0.2, -0.15) is 0 Å². The first-order valence-corrected chi connectivity index (χ1v) is 9.64. The molecule has 27 heavy (non-hydrogen) atoms. The summed E-state index contributed by atoms with van der Waals surface area (Å²) in [6.45, 7) is 10.2. The number of nitrogens with one attached hydrogen (secondary N) is 2. The zero-order valence-corrected chi connectivity index (χ0v) is 18.4. The molecule has 150 valence electrons. The number of amides is 1. The number of benzene rings is 1. The fraction of sp³-hybridized carbons (Fsp3) is 0.474. The molecule has 2 N–H and O–H groups in total. The molecule has 1 aromatic carbocycles. The van der Waals surface area contributed by atoms with E-state index in [-0.39, 0.29) is 30.7 Å². The number of aromatic nitrogens is 1. The highest BCUT2D eigenvalue weighted by atomic mass is 35.5. The SMILES string of the molecule is Cc1ccc(C)c(NC(=O)Cc2nc(CN3CCNC[C@H]3C)cs2)c1.Cl.Cl. The van der Waals surface area contributed by atoms with Crippen molar-refractivity contribution in [1.82, 2.24) is 15.2 Å². The van der Waals surface area contributed by atoms with Crippen molar-refractivity contribution in [3.8, 4) is 0 Å². The molecule has 0 aliphatic carbocycles. The number of carbonyl (C=O) groups is 1. The van der Waals surface area contributed by atoms with Crippen LogP contribution in [0.1, 0.15) is 28.8 Å². The Balaban J connectivity index is 0.00000182. The Kier molecular flexibility index (Phi) is 9.70. The van der Waals surface area contributed by atoms with Gasteiger partial charge in [0.1, 0.15) is 5.01 Å². The van der Waals surface area contributed by atoms with Crippen molar-refractivity contribution in [2.45, 2.75) is 39.8 Å². The topological polar surface area (TPSA) is 57.3 Å². The lowest BCUT2D eigenvalue weighted by molar-refractivity contribution is -0.115. The molecular weight excluding hydrogens is 403 g/mol. The second kappa shape index (κ2) is 11.0. The number of hydrogen-bond acceptors (Lipinski definition) is 5. The van der Waals surface area contributed by atoms with Gasteiger partial charge in [0, 0.05) is 43.3 Å². The van der Waals surface area contributed by atoms with E-state index in [9.17, 15) is 4.79 Å². The monoisotopic (exact) mass is 430 g/mol. The molecular formula is C19H28Cl2N4OS. The second-order valence-electron chi connectivity index (χ2n) is 6.80. The minimum atomic E-state index is -0.00913. The predicted octanol–water partition coefficient (Wildman–Crippen LogP) is 3.58. The third-order valence-electron chi connectivity index (χ3n) is 4.58. The molecule has 0 unspecified atom stereocenters. The van der Waals surface area contributed by atoms with Crippen LogP contribution in [0.2, 0.25) is 0 Å². The minimum absolute atomic E-state index is 0. The lowest BCUT2D eigenvalue weighted by atomic mass is 10.1. The van der Waals surface area contributed by atoms with Crippen LogP contribution in [0.15, 0.2) is 23.6 Å². The number of thiazole rings is 1. The van der Waals surface area contributed by atoms with Crippen molar-refractivity contribution < 1.29 is 4.79 Å². The van der Waals surface area contributed by atoms with E-state index in [1.54, 1.807) is 11.3 Å². The summed E-state index contributed by atoms with van der Waals surface area (Å²) in [5.41, 5.74) is 4.17. The summed E-state index contributed by atoms with van der Waals surface area (Å²) in [7, 11) is 0. The van der Waals surface area contributed by atoms with Gasteiger partial charge in [0.05, 0.1) is 12.1 Å². The molecule has 1 atom stereocenters. The fourth-order valence-electron chi connectivity index (χ4n) is 3.03. The van der Waals surface area contributed by atoms with Gasteiger partial charge < -0.3 is 10.6 Å². The van der Waals surface area contributed by atoms with Gasteiger partial charge in [0.2, 0.25) is 5.91 Å². The number of hydrogen-bond donors (Lipinski definition) is 2. The minimum Gasteiger partial charge on any atom is -0.325 e. The summed E-state index contributed by atoms with van der Waals surface area (Å²) in [6.07, 6.45) is 0.329. The van der Waals surface area contributed by atoms with Gasteiger partial charge in [0.15, 0.2) is 0 Å². The Morgan fingerprint density at radius 3 is 2.89 bits per heavy atom. The van der Waals surface area contributed by atoms with Gasteiger partial charge in [-0.3, -0.25) is 9.69 Å². The second-order valence-corrected chi connectivity index (χ2v) is 7.74. The maximum atomic E-state index is 12.3. The largest absolute Gasteiger partial charge is 0.325 e. The van der Waals surface area contributed by atoms with Crippen molar-refractivity contribution in [2.75, 3.05) is 25.0 Å². The van der Waals surface area contributed by atoms with Crippen LogP contribution in [0.25, 0.3) is 0 Å². The van der Waals surface area contributed by atoms with Crippen LogP contribution in [0, 0.1) is 13.8 Å². The number of nitrogens with zero attached hydrogens (tertiary/aromatic N) is 2. The molecule has 2 aromatic rings. The maximum Gasteiger partial charge on any atom is 0.231 e. The standard InChI is InChI=1S/C19H26N4OS.2ClH/c1-13-4-5-14(2)17(8-13)22-18(24)9-19-21-16(12-25-19)11-23-7-6-20-10-15(23)3;;/h4-5,8,12,15,20H,6-7,9-11H2,1-3H3,(H,22,24);2*1H/t15-;;/m1../s1. The average Bonchev–Trinajstić information content (AvgIpc) is 3.00. The van der Waals surface area contributed by atoms with E-state index in [1.165, 1.54) is 0 Å². The summed E-state index contributed by atoms with van der Waals surface area (Å²) >= 11 is 1.57. The van der Waals surface area contributed by atoms with Crippen LogP contribution in [-0.4, -0.2) is 41.5 Å². The number of halogens is 2. The summed E-state index contributed by atoms with van der Waals surface area (Å²) in [4.78, 5) is 19.4. The Morgan fingerprint density at radius 2 is 2.15 bits per heavy atom. The highest BCUT2D eigenvalue weighted by Gasteiger charge is 2.19. The van der Waals surface area contributed by atoms with Crippen LogP contribution < -0.4 is 10.6 Å².